The topological polar surface area (TPSA) is 65.9 Å². The average molecular weight is 503 g/mol. The van der Waals surface area contributed by atoms with Crippen LogP contribution in [0.5, 0.6) is 0 Å². The first-order chi connectivity index (χ1) is 13.3. The van der Waals surface area contributed by atoms with Crippen LogP contribution in [0, 0.1) is 0 Å². The van der Waals surface area contributed by atoms with Crippen LogP contribution in [0.1, 0.15) is 62.8 Å². The van der Waals surface area contributed by atoms with E-state index in [1.165, 1.54) is 38.5 Å². The SMILES string of the molecule is CN=C(NCCCCCOC1CCCCC1)NCC(CO)c1ccccc1.I. The van der Waals surface area contributed by atoms with Gasteiger partial charge in [-0.1, -0.05) is 49.6 Å². The van der Waals surface area contributed by atoms with Crippen molar-refractivity contribution >= 4 is 29.9 Å². The number of unbranched alkanes of at least 4 members (excludes halogenated alkanes) is 2. The highest BCUT2D eigenvalue weighted by atomic mass is 127. The summed E-state index contributed by atoms with van der Waals surface area (Å²) in [5, 5.41) is 16.3. The van der Waals surface area contributed by atoms with Gasteiger partial charge in [-0.05, 0) is 37.7 Å². The Morgan fingerprint density at radius 3 is 2.54 bits per heavy atom. The molecule has 1 aliphatic rings. The van der Waals surface area contributed by atoms with Crippen LogP contribution in [0.2, 0.25) is 0 Å². The zero-order chi connectivity index (χ0) is 19.2. The van der Waals surface area contributed by atoms with Crippen LogP contribution < -0.4 is 10.6 Å². The maximum absolute atomic E-state index is 9.64. The molecule has 160 valence electrons. The minimum absolute atomic E-state index is 0. The number of guanidine groups is 1. The highest BCUT2D eigenvalue weighted by Gasteiger charge is 2.13. The van der Waals surface area contributed by atoms with Gasteiger partial charge in [0.1, 0.15) is 0 Å². The number of nitrogens with zero attached hydrogens (tertiary/aromatic N) is 1. The number of ether oxygens (including phenoxy) is 1. The van der Waals surface area contributed by atoms with Crippen molar-refractivity contribution in [2.75, 3.05) is 33.4 Å². The quantitative estimate of drug-likeness (QED) is 0.185. The van der Waals surface area contributed by atoms with E-state index in [9.17, 15) is 5.11 Å². The molecular weight excluding hydrogens is 465 g/mol. The van der Waals surface area contributed by atoms with Gasteiger partial charge in [-0.25, -0.2) is 0 Å². The number of halogens is 1. The van der Waals surface area contributed by atoms with Crippen LogP contribution in [0.4, 0.5) is 0 Å². The van der Waals surface area contributed by atoms with Gasteiger partial charge in [0.05, 0.1) is 12.7 Å². The third kappa shape index (κ3) is 10.1. The van der Waals surface area contributed by atoms with E-state index >= 15 is 0 Å². The van der Waals surface area contributed by atoms with Gasteiger partial charge >= 0.3 is 0 Å². The molecule has 6 heteroatoms. The van der Waals surface area contributed by atoms with E-state index in [2.05, 4.69) is 15.6 Å². The normalized spacial score (nSPS) is 16.3. The fourth-order valence-corrected chi connectivity index (χ4v) is 3.55. The highest BCUT2D eigenvalue weighted by Crippen LogP contribution is 2.20. The standard InChI is InChI=1S/C22H37N3O2.HI/c1-23-22(25-17-20(18-26)19-11-5-2-6-12-19)24-15-9-4-10-16-27-21-13-7-3-8-14-21;/h2,5-6,11-12,20-21,26H,3-4,7-10,13-18H2,1H3,(H2,23,24,25);1H. The van der Waals surface area contributed by atoms with Crippen LogP contribution in [-0.2, 0) is 4.74 Å². The molecule has 1 fully saturated rings. The molecule has 5 nitrogen and oxygen atoms in total. The van der Waals surface area contributed by atoms with Crippen molar-refractivity contribution in [1.29, 1.82) is 0 Å². The third-order valence-corrected chi connectivity index (χ3v) is 5.25. The van der Waals surface area contributed by atoms with Crippen molar-refractivity contribution in [2.45, 2.75) is 63.4 Å². The zero-order valence-corrected chi connectivity index (χ0v) is 19.6. The summed E-state index contributed by atoms with van der Waals surface area (Å²) in [5.41, 5.74) is 1.14. The largest absolute Gasteiger partial charge is 0.396 e. The number of aliphatic hydroxyl groups excluding tert-OH is 1. The number of rotatable bonds is 11. The molecule has 1 aromatic carbocycles. The van der Waals surface area contributed by atoms with Crippen LogP contribution in [0.25, 0.3) is 0 Å². The lowest BCUT2D eigenvalue weighted by Gasteiger charge is -2.21. The molecule has 0 amide bonds. The Balaban J connectivity index is 0.00000392. The Bertz CT molecular complexity index is 522. The van der Waals surface area contributed by atoms with Gasteiger partial charge in [-0.15, -0.1) is 24.0 Å². The van der Waals surface area contributed by atoms with Crippen molar-refractivity contribution in [3.63, 3.8) is 0 Å². The molecule has 2 rings (SSSR count). The fourth-order valence-electron chi connectivity index (χ4n) is 3.55. The van der Waals surface area contributed by atoms with E-state index in [4.69, 9.17) is 4.74 Å². The van der Waals surface area contributed by atoms with Crippen LogP contribution in [0.3, 0.4) is 0 Å². The first kappa shape index (κ1) is 25.2. The number of hydrogen-bond donors (Lipinski definition) is 3. The van der Waals surface area contributed by atoms with Crippen molar-refractivity contribution in [3.8, 4) is 0 Å². The minimum Gasteiger partial charge on any atom is -0.396 e. The molecule has 1 aliphatic carbocycles. The molecule has 1 aromatic rings. The maximum atomic E-state index is 9.64. The molecule has 28 heavy (non-hydrogen) atoms. The number of aliphatic imine (C=N–C) groups is 1. The molecule has 3 N–H and O–H groups in total. The first-order valence-corrected chi connectivity index (χ1v) is 10.6. The predicted molar refractivity (Wildman–Crippen MR) is 128 cm³/mol. The second kappa shape index (κ2) is 16.0. The molecule has 0 spiro atoms. The Labute approximate surface area is 187 Å². The molecule has 1 atom stereocenters. The van der Waals surface area contributed by atoms with Crippen molar-refractivity contribution in [1.82, 2.24) is 10.6 Å². The van der Waals surface area contributed by atoms with E-state index in [0.717, 1.165) is 37.5 Å². The summed E-state index contributed by atoms with van der Waals surface area (Å²) in [6.07, 6.45) is 10.5. The number of hydrogen-bond acceptors (Lipinski definition) is 3. The summed E-state index contributed by atoms with van der Waals surface area (Å²) in [4.78, 5) is 4.27. The summed E-state index contributed by atoms with van der Waals surface area (Å²) >= 11 is 0. The van der Waals surface area contributed by atoms with E-state index in [1.54, 1.807) is 7.05 Å². The van der Waals surface area contributed by atoms with Crippen molar-refractivity contribution in [3.05, 3.63) is 35.9 Å². The Hall–Kier alpha value is -0.860. The van der Waals surface area contributed by atoms with Gasteiger partial charge in [0.2, 0.25) is 0 Å². The van der Waals surface area contributed by atoms with E-state index < -0.39 is 0 Å². The predicted octanol–water partition coefficient (Wildman–Crippen LogP) is 4.07. The maximum Gasteiger partial charge on any atom is 0.190 e. The molecule has 0 radical (unpaired) electrons. The molecule has 0 aromatic heterocycles. The van der Waals surface area contributed by atoms with Gasteiger partial charge in [0.15, 0.2) is 5.96 Å². The van der Waals surface area contributed by atoms with Crippen LogP contribution in [-0.4, -0.2) is 50.5 Å². The van der Waals surface area contributed by atoms with Crippen LogP contribution >= 0.6 is 24.0 Å². The molecule has 1 unspecified atom stereocenters. The van der Waals surface area contributed by atoms with Gasteiger partial charge in [-0.2, -0.15) is 0 Å². The Morgan fingerprint density at radius 2 is 1.86 bits per heavy atom. The number of aliphatic hydroxyl groups is 1. The van der Waals surface area contributed by atoms with E-state index in [-0.39, 0.29) is 36.5 Å². The first-order valence-electron chi connectivity index (χ1n) is 10.6. The summed E-state index contributed by atoms with van der Waals surface area (Å²) in [6.45, 7) is 2.58. The highest BCUT2D eigenvalue weighted by molar-refractivity contribution is 14.0. The lowest BCUT2D eigenvalue weighted by molar-refractivity contribution is 0.0264. The molecule has 0 heterocycles. The Kier molecular flexibility index (Phi) is 14.4. The fraction of sp³-hybridized carbons (Fsp3) is 0.682. The summed E-state index contributed by atoms with van der Waals surface area (Å²) < 4.78 is 5.97. The molecule has 0 saturated heterocycles. The number of benzene rings is 1. The number of nitrogens with one attached hydrogen (secondary N) is 2. The van der Waals surface area contributed by atoms with Crippen molar-refractivity contribution < 1.29 is 9.84 Å². The lowest BCUT2D eigenvalue weighted by Crippen LogP contribution is -2.40. The van der Waals surface area contributed by atoms with Gasteiger partial charge in [0.25, 0.3) is 0 Å². The lowest BCUT2D eigenvalue weighted by atomic mass is 9.98. The minimum atomic E-state index is 0. The van der Waals surface area contributed by atoms with E-state index in [1.807, 2.05) is 30.3 Å². The van der Waals surface area contributed by atoms with Gasteiger partial charge in [0, 0.05) is 32.7 Å². The van der Waals surface area contributed by atoms with E-state index in [0.29, 0.717) is 12.6 Å². The molecule has 1 saturated carbocycles. The molecule has 0 aliphatic heterocycles. The summed E-state index contributed by atoms with van der Waals surface area (Å²) in [6, 6.07) is 10.1. The monoisotopic (exact) mass is 503 g/mol. The summed E-state index contributed by atoms with van der Waals surface area (Å²) in [5.74, 6) is 0.865. The van der Waals surface area contributed by atoms with Crippen molar-refractivity contribution in [2.24, 2.45) is 4.99 Å². The average Bonchev–Trinajstić information content (AvgIpc) is 2.73. The Morgan fingerprint density at radius 1 is 1.11 bits per heavy atom. The zero-order valence-electron chi connectivity index (χ0n) is 17.2. The molecule has 0 bridgehead atoms. The van der Waals surface area contributed by atoms with Crippen LogP contribution in [0.15, 0.2) is 35.3 Å². The summed E-state index contributed by atoms with van der Waals surface area (Å²) in [7, 11) is 1.78. The molecular formula is C22H38IN3O2. The smallest absolute Gasteiger partial charge is 0.190 e. The van der Waals surface area contributed by atoms with Gasteiger partial charge in [-0.3, -0.25) is 4.99 Å². The third-order valence-electron chi connectivity index (χ3n) is 5.25. The second-order valence-electron chi connectivity index (χ2n) is 7.36. The van der Waals surface area contributed by atoms with Gasteiger partial charge < -0.3 is 20.5 Å². The second-order valence-corrected chi connectivity index (χ2v) is 7.36.